The molecule has 106 valence electrons. The quantitative estimate of drug-likeness (QED) is 0.769. The minimum atomic E-state index is 0.0701. The average Bonchev–Trinajstić information content (AvgIpc) is 2.37. The molecule has 0 aliphatic carbocycles. The Bertz CT molecular complexity index is 418. The van der Waals surface area contributed by atoms with Crippen molar-refractivity contribution in [2.24, 2.45) is 0 Å². The predicted octanol–water partition coefficient (Wildman–Crippen LogP) is 3.08. The number of hydrogen-bond donors (Lipinski definition) is 1. The molecule has 4 nitrogen and oxygen atoms in total. The Morgan fingerprint density at radius 3 is 2.68 bits per heavy atom. The standard InChI is InChI=1S/C15H25N3O/c1-5-7-8-9-18(4)15(19)13-10-12(3)17-14(11-13)16-6-2/h10-11H,5-9H2,1-4H3,(H,16,17). The molecule has 0 aliphatic heterocycles. The fourth-order valence-electron chi connectivity index (χ4n) is 1.98. The number of nitrogens with zero attached hydrogens (tertiary/aromatic N) is 2. The van der Waals surface area contributed by atoms with Crippen LogP contribution in [0, 0.1) is 6.92 Å². The molecule has 1 amide bonds. The van der Waals surface area contributed by atoms with E-state index in [1.165, 1.54) is 6.42 Å². The number of amides is 1. The van der Waals surface area contributed by atoms with Gasteiger partial charge in [0, 0.05) is 31.4 Å². The molecule has 0 radical (unpaired) electrons. The second-order valence-corrected chi connectivity index (χ2v) is 4.85. The highest BCUT2D eigenvalue weighted by atomic mass is 16.2. The van der Waals surface area contributed by atoms with Gasteiger partial charge in [-0.1, -0.05) is 19.8 Å². The Hall–Kier alpha value is -1.58. The Labute approximate surface area is 116 Å². The summed E-state index contributed by atoms with van der Waals surface area (Å²) in [6.45, 7) is 7.70. The van der Waals surface area contributed by atoms with Crippen molar-refractivity contribution in [3.8, 4) is 0 Å². The lowest BCUT2D eigenvalue weighted by atomic mass is 10.2. The number of aryl methyl sites for hydroxylation is 1. The molecule has 0 saturated heterocycles. The van der Waals surface area contributed by atoms with E-state index >= 15 is 0 Å². The van der Waals surface area contributed by atoms with Gasteiger partial charge in [-0.05, 0) is 32.4 Å². The summed E-state index contributed by atoms with van der Waals surface area (Å²) in [7, 11) is 1.86. The number of aromatic nitrogens is 1. The van der Waals surface area contributed by atoms with Gasteiger partial charge in [-0.25, -0.2) is 4.98 Å². The first kappa shape index (κ1) is 15.5. The molecular weight excluding hydrogens is 238 g/mol. The highest BCUT2D eigenvalue weighted by Gasteiger charge is 2.13. The van der Waals surface area contributed by atoms with Crippen LogP contribution in [0.1, 0.15) is 49.2 Å². The van der Waals surface area contributed by atoms with E-state index in [1.807, 2.05) is 33.0 Å². The largest absolute Gasteiger partial charge is 0.370 e. The summed E-state index contributed by atoms with van der Waals surface area (Å²) in [4.78, 5) is 18.5. The van der Waals surface area contributed by atoms with Gasteiger partial charge >= 0.3 is 0 Å². The molecule has 4 heteroatoms. The third kappa shape index (κ3) is 4.89. The summed E-state index contributed by atoms with van der Waals surface area (Å²) in [5.74, 6) is 0.841. The lowest BCUT2D eigenvalue weighted by Gasteiger charge is -2.17. The van der Waals surface area contributed by atoms with Crippen LogP contribution in [0.2, 0.25) is 0 Å². The normalized spacial score (nSPS) is 10.3. The minimum absolute atomic E-state index is 0.0701. The molecule has 0 atom stereocenters. The van der Waals surface area contributed by atoms with Gasteiger partial charge in [0.05, 0.1) is 0 Å². The molecule has 1 N–H and O–H groups in total. The lowest BCUT2D eigenvalue weighted by molar-refractivity contribution is 0.0792. The van der Waals surface area contributed by atoms with Crippen LogP contribution in [0.25, 0.3) is 0 Å². The molecule has 0 aromatic carbocycles. The van der Waals surface area contributed by atoms with Gasteiger partial charge in [-0.3, -0.25) is 4.79 Å². The fourth-order valence-corrected chi connectivity index (χ4v) is 1.98. The van der Waals surface area contributed by atoms with Gasteiger partial charge in [0.15, 0.2) is 0 Å². The second-order valence-electron chi connectivity index (χ2n) is 4.85. The summed E-state index contributed by atoms with van der Waals surface area (Å²) in [6.07, 6.45) is 3.39. The zero-order chi connectivity index (χ0) is 14.3. The number of rotatable bonds is 7. The first-order valence-corrected chi connectivity index (χ1v) is 7.06. The minimum Gasteiger partial charge on any atom is -0.370 e. The van der Waals surface area contributed by atoms with Crippen LogP contribution in [0.15, 0.2) is 12.1 Å². The van der Waals surface area contributed by atoms with Gasteiger partial charge in [-0.2, -0.15) is 0 Å². The molecule has 1 aromatic heterocycles. The molecule has 0 unspecified atom stereocenters. The molecule has 0 spiro atoms. The maximum absolute atomic E-state index is 12.3. The maximum atomic E-state index is 12.3. The zero-order valence-electron chi connectivity index (χ0n) is 12.5. The second kappa shape index (κ2) is 7.77. The molecule has 0 bridgehead atoms. The van der Waals surface area contributed by atoms with Crippen molar-refractivity contribution in [2.75, 3.05) is 25.5 Å². The summed E-state index contributed by atoms with van der Waals surface area (Å²) >= 11 is 0. The first-order chi connectivity index (χ1) is 9.08. The topological polar surface area (TPSA) is 45.2 Å². The van der Waals surface area contributed by atoms with E-state index < -0.39 is 0 Å². The van der Waals surface area contributed by atoms with Crippen molar-refractivity contribution < 1.29 is 4.79 Å². The number of hydrogen-bond acceptors (Lipinski definition) is 3. The van der Waals surface area contributed by atoms with Gasteiger partial charge in [0.2, 0.25) is 0 Å². The number of anilines is 1. The van der Waals surface area contributed by atoms with E-state index in [4.69, 9.17) is 0 Å². The Morgan fingerprint density at radius 1 is 1.32 bits per heavy atom. The van der Waals surface area contributed by atoms with E-state index in [-0.39, 0.29) is 5.91 Å². The number of unbranched alkanes of at least 4 members (excludes halogenated alkanes) is 2. The maximum Gasteiger partial charge on any atom is 0.253 e. The molecule has 19 heavy (non-hydrogen) atoms. The van der Waals surface area contributed by atoms with E-state index in [0.29, 0.717) is 5.56 Å². The first-order valence-electron chi connectivity index (χ1n) is 7.06. The van der Waals surface area contributed by atoms with Crippen LogP contribution >= 0.6 is 0 Å². The zero-order valence-corrected chi connectivity index (χ0v) is 12.5. The molecule has 0 fully saturated rings. The van der Waals surface area contributed by atoms with E-state index in [1.54, 1.807) is 4.90 Å². The fraction of sp³-hybridized carbons (Fsp3) is 0.600. The van der Waals surface area contributed by atoms with Crippen molar-refractivity contribution in [3.05, 3.63) is 23.4 Å². The lowest BCUT2D eigenvalue weighted by Crippen LogP contribution is -2.28. The van der Waals surface area contributed by atoms with Gasteiger partial charge < -0.3 is 10.2 Å². The van der Waals surface area contributed by atoms with Crippen LogP contribution in [0.5, 0.6) is 0 Å². The smallest absolute Gasteiger partial charge is 0.253 e. The van der Waals surface area contributed by atoms with Gasteiger partial charge in [0.1, 0.15) is 5.82 Å². The number of nitrogens with one attached hydrogen (secondary N) is 1. The van der Waals surface area contributed by atoms with Gasteiger partial charge in [-0.15, -0.1) is 0 Å². The van der Waals surface area contributed by atoms with E-state index in [0.717, 1.165) is 37.4 Å². The highest BCUT2D eigenvalue weighted by molar-refractivity contribution is 5.94. The van der Waals surface area contributed by atoms with Crippen molar-refractivity contribution >= 4 is 11.7 Å². The van der Waals surface area contributed by atoms with E-state index in [2.05, 4.69) is 17.2 Å². The summed E-state index contributed by atoms with van der Waals surface area (Å²) in [5.41, 5.74) is 1.58. The summed E-state index contributed by atoms with van der Waals surface area (Å²) < 4.78 is 0. The van der Waals surface area contributed by atoms with Gasteiger partial charge in [0.25, 0.3) is 5.91 Å². The monoisotopic (exact) mass is 263 g/mol. The molecule has 0 aliphatic rings. The number of pyridine rings is 1. The van der Waals surface area contributed by atoms with Crippen LogP contribution in [-0.4, -0.2) is 35.9 Å². The van der Waals surface area contributed by atoms with E-state index in [9.17, 15) is 4.79 Å². The van der Waals surface area contributed by atoms with Crippen molar-refractivity contribution in [1.82, 2.24) is 9.88 Å². The van der Waals surface area contributed by atoms with Crippen LogP contribution in [-0.2, 0) is 0 Å². The summed E-state index contributed by atoms with van der Waals surface area (Å²) in [5, 5.41) is 3.15. The Balaban J connectivity index is 2.74. The highest BCUT2D eigenvalue weighted by Crippen LogP contribution is 2.12. The van der Waals surface area contributed by atoms with Crippen molar-refractivity contribution in [2.45, 2.75) is 40.0 Å². The number of carbonyl (C=O) groups excluding carboxylic acids is 1. The Morgan fingerprint density at radius 2 is 2.05 bits per heavy atom. The molecule has 1 rings (SSSR count). The van der Waals surface area contributed by atoms with Crippen molar-refractivity contribution in [1.29, 1.82) is 0 Å². The molecule has 1 aromatic rings. The molecule has 1 heterocycles. The third-order valence-corrected chi connectivity index (χ3v) is 3.00. The van der Waals surface area contributed by atoms with Crippen molar-refractivity contribution in [3.63, 3.8) is 0 Å². The van der Waals surface area contributed by atoms with Crippen LogP contribution in [0.4, 0.5) is 5.82 Å². The average molecular weight is 263 g/mol. The van der Waals surface area contributed by atoms with Crippen LogP contribution in [0.3, 0.4) is 0 Å². The Kier molecular flexibility index (Phi) is 6.33. The predicted molar refractivity (Wildman–Crippen MR) is 79.6 cm³/mol. The summed E-state index contributed by atoms with van der Waals surface area (Å²) in [6, 6.07) is 3.68. The van der Waals surface area contributed by atoms with Crippen LogP contribution < -0.4 is 5.32 Å². The SMILES string of the molecule is CCCCCN(C)C(=O)c1cc(C)nc(NCC)c1. The molecular formula is C15H25N3O. The number of carbonyl (C=O) groups is 1. The third-order valence-electron chi connectivity index (χ3n) is 3.00. The molecule has 0 saturated carbocycles.